The third-order valence-electron chi connectivity index (χ3n) is 3.47. The number of hydrogen-bond acceptors (Lipinski definition) is 5. The number of carbonyl (C=O) groups excluding carboxylic acids is 2. The van der Waals surface area contributed by atoms with E-state index in [1.54, 1.807) is 18.2 Å². The standard InChI is InChI=1S/C18H14BrNO4S/c19-14-10-12(6-7-15(14)21)11-16-17(22)20(18(23)25-16)8-9-24-13-4-2-1-3-5-13/h1-7,10-11,21H,8-9H2/b16-11-. The van der Waals surface area contributed by atoms with Crippen LogP contribution in [0, 0.1) is 0 Å². The summed E-state index contributed by atoms with van der Waals surface area (Å²) < 4.78 is 6.06. The smallest absolute Gasteiger partial charge is 0.293 e. The van der Waals surface area contributed by atoms with Crippen molar-refractivity contribution in [1.82, 2.24) is 4.90 Å². The zero-order valence-electron chi connectivity index (χ0n) is 13.0. The fourth-order valence-corrected chi connectivity index (χ4v) is 3.49. The topological polar surface area (TPSA) is 66.8 Å². The molecule has 2 aromatic rings. The van der Waals surface area contributed by atoms with E-state index in [2.05, 4.69) is 15.9 Å². The minimum atomic E-state index is -0.337. The summed E-state index contributed by atoms with van der Waals surface area (Å²) in [5, 5.41) is 9.20. The highest BCUT2D eigenvalue weighted by molar-refractivity contribution is 9.10. The number of phenolic OH excluding ortho intramolecular Hbond substituents is 1. The molecule has 1 aliphatic rings. The van der Waals surface area contributed by atoms with E-state index in [1.807, 2.05) is 30.3 Å². The van der Waals surface area contributed by atoms with Crippen molar-refractivity contribution in [2.75, 3.05) is 13.2 Å². The molecule has 25 heavy (non-hydrogen) atoms. The average Bonchev–Trinajstić information content (AvgIpc) is 2.86. The van der Waals surface area contributed by atoms with Crippen LogP contribution in [0.15, 0.2) is 57.9 Å². The molecule has 0 aliphatic carbocycles. The second-order valence-electron chi connectivity index (χ2n) is 5.21. The van der Waals surface area contributed by atoms with Crippen LogP contribution in [0.5, 0.6) is 11.5 Å². The second-order valence-corrected chi connectivity index (χ2v) is 7.05. The third kappa shape index (κ3) is 4.24. The van der Waals surface area contributed by atoms with Crippen LogP contribution in [-0.4, -0.2) is 34.3 Å². The van der Waals surface area contributed by atoms with Crippen LogP contribution >= 0.6 is 27.7 Å². The lowest BCUT2D eigenvalue weighted by atomic mass is 10.2. The molecule has 2 amide bonds. The molecule has 0 unspecified atom stereocenters. The van der Waals surface area contributed by atoms with Crippen LogP contribution in [0.1, 0.15) is 5.56 Å². The van der Waals surface area contributed by atoms with Gasteiger partial charge in [-0.25, -0.2) is 0 Å². The molecule has 0 radical (unpaired) electrons. The maximum atomic E-state index is 12.4. The van der Waals surface area contributed by atoms with E-state index >= 15 is 0 Å². The minimum Gasteiger partial charge on any atom is -0.507 e. The van der Waals surface area contributed by atoms with E-state index in [0.29, 0.717) is 15.1 Å². The molecule has 128 valence electrons. The van der Waals surface area contributed by atoms with Crippen LogP contribution < -0.4 is 4.74 Å². The van der Waals surface area contributed by atoms with E-state index in [4.69, 9.17) is 4.74 Å². The Morgan fingerprint density at radius 2 is 1.92 bits per heavy atom. The maximum Gasteiger partial charge on any atom is 0.293 e. The van der Waals surface area contributed by atoms with Gasteiger partial charge in [0.1, 0.15) is 18.1 Å². The van der Waals surface area contributed by atoms with Gasteiger partial charge >= 0.3 is 0 Å². The van der Waals surface area contributed by atoms with Crippen LogP contribution in [0.4, 0.5) is 4.79 Å². The molecule has 3 rings (SSSR count). The SMILES string of the molecule is O=C1S/C(=C\c2ccc(O)c(Br)c2)C(=O)N1CCOc1ccccc1. The number of aromatic hydroxyl groups is 1. The van der Waals surface area contributed by atoms with Crippen molar-refractivity contribution in [3.8, 4) is 11.5 Å². The first-order valence-electron chi connectivity index (χ1n) is 7.46. The van der Waals surface area contributed by atoms with Crippen molar-refractivity contribution in [2.24, 2.45) is 0 Å². The lowest BCUT2D eigenvalue weighted by molar-refractivity contribution is -0.123. The number of carbonyl (C=O) groups is 2. The number of halogens is 1. The van der Waals surface area contributed by atoms with Crippen molar-refractivity contribution < 1.29 is 19.4 Å². The Morgan fingerprint density at radius 1 is 1.16 bits per heavy atom. The summed E-state index contributed by atoms with van der Waals surface area (Å²) >= 11 is 4.12. The number of thioether (sulfide) groups is 1. The Balaban J connectivity index is 1.65. The molecule has 5 nitrogen and oxygen atoms in total. The second kappa shape index (κ2) is 7.76. The zero-order valence-corrected chi connectivity index (χ0v) is 15.4. The van der Waals surface area contributed by atoms with E-state index in [-0.39, 0.29) is 30.0 Å². The normalized spacial score (nSPS) is 15.9. The molecule has 2 aromatic carbocycles. The number of benzene rings is 2. The van der Waals surface area contributed by atoms with Crippen molar-refractivity contribution in [2.45, 2.75) is 0 Å². The van der Waals surface area contributed by atoms with E-state index in [0.717, 1.165) is 17.3 Å². The monoisotopic (exact) mass is 419 g/mol. The summed E-state index contributed by atoms with van der Waals surface area (Å²) in [5.74, 6) is 0.470. The van der Waals surface area contributed by atoms with Gasteiger partial charge in [-0.3, -0.25) is 14.5 Å². The van der Waals surface area contributed by atoms with Crippen LogP contribution in [0.3, 0.4) is 0 Å². The molecule has 0 atom stereocenters. The molecule has 7 heteroatoms. The molecule has 0 spiro atoms. The van der Waals surface area contributed by atoms with Gasteiger partial charge in [0.15, 0.2) is 0 Å². The number of amides is 2. The molecule has 1 aliphatic heterocycles. The van der Waals surface area contributed by atoms with E-state index in [1.165, 1.54) is 11.0 Å². The van der Waals surface area contributed by atoms with Gasteiger partial charge in [-0.15, -0.1) is 0 Å². The summed E-state index contributed by atoms with van der Waals surface area (Å²) in [5.41, 5.74) is 0.718. The number of phenols is 1. The van der Waals surface area contributed by atoms with Crippen LogP contribution in [0.2, 0.25) is 0 Å². The summed E-state index contributed by atoms with van der Waals surface area (Å²) in [6.45, 7) is 0.427. The Bertz CT molecular complexity index is 838. The van der Waals surface area contributed by atoms with Gasteiger partial charge in [0.25, 0.3) is 11.1 Å². The number of para-hydroxylation sites is 1. The third-order valence-corrected chi connectivity index (χ3v) is 5.01. The Kier molecular flexibility index (Phi) is 5.45. The first-order chi connectivity index (χ1) is 12.0. The summed E-state index contributed by atoms with van der Waals surface area (Å²) in [6, 6.07) is 14.1. The largest absolute Gasteiger partial charge is 0.507 e. The van der Waals surface area contributed by atoms with Gasteiger partial charge in [0.2, 0.25) is 0 Å². The van der Waals surface area contributed by atoms with Gasteiger partial charge < -0.3 is 9.84 Å². The fourth-order valence-electron chi connectivity index (χ4n) is 2.23. The van der Waals surface area contributed by atoms with Crippen molar-refractivity contribution in [3.63, 3.8) is 0 Å². The molecule has 0 bridgehead atoms. The predicted molar refractivity (Wildman–Crippen MR) is 100 cm³/mol. The molecule has 0 aromatic heterocycles. The summed E-state index contributed by atoms with van der Waals surface area (Å²) in [4.78, 5) is 26.0. The van der Waals surface area contributed by atoms with Crippen LogP contribution in [-0.2, 0) is 4.79 Å². The molecule has 1 saturated heterocycles. The van der Waals surface area contributed by atoms with Crippen molar-refractivity contribution in [1.29, 1.82) is 0 Å². The number of nitrogens with zero attached hydrogens (tertiary/aromatic N) is 1. The lowest BCUT2D eigenvalue weighted by Crippen LogP contribution is -2.32. The van der Waals surface area contributed by atoms with E-state index < -0.39 is 0 Å². The molecular formula is C18H14BrNO4S. The number of ether oxygens (including phenoxy) is 1. The number of imide groups is 1. The highest BCUT2D eigenvalue weighted by atomic mass is 79.9. The van der Waals surface area contributed by atoms with Gasteiger partial charge in [-0.2, -0.15) is 0 Å². The maximum absolute atomic E-state index is 12.4. The lowest BCUT2D eigenvalue weighted by Gasteiger charge is -2.13. The van der Waals surface area contributed by atoms with Crippen LogP contribution in [0.25, 0.3) is 6.08 Å². The molecule has 1 heterocycles. The Labute approximate surface area is 157 Å². The number of hydrogen-bond donors (Lipinski definition) is 1. The first-order valence-corrected chi connectivity index (χ1v) is 9.07. The van der Waals surface area contributed by atoms with Crippen molar-refractivity contribution in [3.05, 3.63) is 63.5 Å². The Morgan fingerprint density at radius 3 is 2.64 bits per heavy atom. The van der Waals surface area contributed by atoms with Crippen molar-refractivity contribution >= 4 is 44.9 Å². The van der Waals surface area contributed by atoms with Gasteiger partial charge in [0, 0.05) is 0 Å². The van der Waals surface area contributed by atoms with Gasteiger partial charge in [0.05, 0.1) is 15.9 Å². The fraction of sp³-hybridized carbons (Fsp3) is 0.111. The minimum absolute atomic E-state index is 0.114. The van der Waals surface area contributed by atoms with Gasteiger partial charge in [-0.05, 0) is 63.6 Å². The molecule has 0 saturated carbocycles. The molecule has 1 fully saturated rings. The van der Waals surface area contributed by atoms with Gasteiger partial charge in [-0.1, -0.05) is 24.3 Å². The highest BCUT2D eigenvalue weighted by Crippen LogP contribution is 2.33. The van der Waals surface area contributed by atoms with E-state index in [9.17, 15) is 14.7 Å². The zero-order chi connectivity index (χ0) is 17.8. The quantitative estimate of drug-likeness (QED) is 0.732. The summed E-state index contributed by atoms with van der Waals surface area (Å²) in [7, 11) is 0. The molecule has 1 N–H and O–H groups in total. The average molecular weight is 420 g/mol. The highest BCUT2D eigenvalue weighted by Gasteiger charge is 2.34. The predicted octanol–water partition coefficient (Wildman–Crippen LogP) is 4.27. The number of rotatable bonds is 5. The summed E-state index contributed by atoms with van der Waals surface area (Å²) in [6.07, 6.45) is 1.63. The molecular weight excluding hydrogens is 406 g/mol. The Hall–Kier alpha value is -2.25. The first kappa shape index (κ1) is 17.6.